The topological polar surface area (TPSA) is 90.0 Å². The number of amides is 2. The van der Waals surface area contributed by atoms with Crippen LogP contribution in [0.5, 0.6) is 0 Å². The summed E-state index contributed by atoms with van der Waals surface area (Å²) in [6.07, 6.45) is 7.17. The number of aromatic nitrogens is 4. The number of nitrogens with zero attached hydrogens (tertiary/aromatic N) is 5. The zero-order valence-electron chi connectivity index (χ0n) is 15.8. The zero-order valence-corrected chi connectivity index (χ0v) is 16.6. The standard InChI is InChI=1S/C18H27N7OS/c1-13-19-16(23-22-13)12-24-8-10-25(11-9-24)18(26)21-17-20-14-6-4-2-3-5-7-15(14)27-17/h2-12H2,1H3,(H,19,22,23)(H,20,21,26). The van der Waals surface area contributed by atoms with Crippen molar-refractivity contribution in [1.82, 2.24) is 30.0 Å². The van der Waals surface area contributed by atoms with Crippen molar-refractivity contribution in [3.63, 3.8) is 0 Å². The average Bonchev–Trinajstić information content (AvgIpc) is 3.21. The molecule has 0 saturated carbocycles. The number of urea groups is 1. The van der Waals surface area contributed by atoms with Crippen LogP contribution in [-0.2, 0) is 19.4 Å². The molecule has 0 atom stereocenters. The van der Waals surface area contributed by atoms with E-state index in [0.29, 0.717) is 13.1 Å². The van der Waals surface area contributed by atoms with Crippen LogP contribution in [-0.4, -0.2) is 62.2 Å². The van der Waals surface area contributed by atoms with Gasteiger partial charge in [0.2, 0.25) is 0 Å². The number of thiazole rings is 1. The molecule has 8 nitrogen and oxygen atoms in total. The third kappa shape index (κ3) is 4.65. The van der Waals surface area contributed by atoms with Crippen LogP contribution in [0.4, 0.5) is 9.93 Å². The highest BCUT2D eigenvalue weighted by Crippen LogP contribution is 2.28. The number of fused-ring (bicyclic) bond motifs is 1. The predicted octanol–water partition coefficient (Wildman–Crippen LogP) is 2.58. The number of hydrogen-bond acceptors (Lipinski definition) is 6. The minimum absolute atomic E-state index is 0.0369. The van der Waals surface area contributed by atoms with Gasteiger partial charge < -0.3 is 4.90 Å². The Morgan fingerprint density at radius 2 is 1.89 bits per heavy atom. The van der Waals surface area contributed by atoms with Crippen LogP contribution in [0.2, 0.25) is 0 Å². The Labute approximate surface area is 163 Å². The van der Waals surface area contributed by atoms with Gasteiger partial charge in [-0.25, -0.2) is 14.8 Å². The molecule has 9 heteroatoms. The van der Waals surface area contributed by atoms with E-state index in [0.717, 1.165) is 49.3 Å². The Morgan fingerprint density at radius 3 is 2.63 bits per heavy atom. The highest BCUT2D eigenvalue weighted by Gasteiger charge is 2.23. The van der Waals surface area contributed by atoms with Crippen molar-refractivity contribution in [2.24, 2.45) is 0 Å². The lowest BCUT2D eigenvalue weighted by Crippen LogP contribution is -2.49. The first-order chi connectivity index (χ1) is 13.2. The van der Waals surface area contributed by atoms with Crippen molar-refractivity contribution in [2.45, 2.75) is 52.0 Å². The third-order valence-corrected chi connectivity index (χ3v) is 6.30. The maximum absolute atomic E-state index is 12.6. The molecule has 2 aromatic heterocycles. The number of carbonyl (C=O) groups excluding carboxylic acids is 1. The lowest BCUT2D eigenvalue weighted by molar-refractivity contribution is 0.141. The Kier molecular flexibility index (Phi) is 5.68. The molecule has 0 aromatic carbocycles. The van der Waals surface area contributed by atoms with Crippen molar-refractivity contribution in [1.29, 1.82) is 0 Å². The highest BCUT2D eigenvalue weighted by atomic mass is 32.1. The van der Waals surface area contributed by atoms with E-state index in [4.69, 9.17) is 0 Å². The molecule has 2 aliphatic rings. The Bertz CT molecular complexity index is 753. The van der Waals surface area contributed by atoms with Gasteiger partial charge in [0.05, 0.1) is 12.2 Å². The first kappa shape index (κ1) is 18.4. The summed E-state index contributed by atoms with van der Waals surface area (Å²) in [6.45, 7) is 5.70. The summed E-state index contributed by atoms with van der Waals surface area (Å²) < 4.78 is 0. The predicted molar refractivity (Wildman–Crippen MR) is 105 cm³/mol. The van der Waals surface area contributed by atoms with Gasteiger partial charge in [-0.3, -0.25) is 15.3 Å². The average molecular weight is 390 g/mol. The number of piperazine rings is 1. The molecule has 2 aromatic rings. The molecule has 1 fully saturated rings. The van der Waals surface area contributed by atoms with E-state index >= 15 is 0 Å². The quantitative estimate of drug-likeness (QED) is 0.842. The first-order valence-electron chi connectivity index (χ1n) is 9.82. The third-order valence-electron chi connectivity index (χ3n) is 5.23. The molecule has 2 amide bonds. The fourth-order valence-electron chi connectivity index (χ4n) is 3.70. The maximum atomic E-state index is 12.6. The Balaban J connectivity index is 1.29. The number of aromatic amines is 1. The summed E-state index contributed by atoms with van der Waals surface area (Å²) in [4.78, 5) is 27.2. The zero-order chi connectivity index (χ0) is 18.6. The monoisotopic (exact) mass is 389 g/mol. The van der Waals surface area contributed by atoms with Crippen LogP contribution in [0.15, 0.2) is 0 Å². The molecule has 146 valence electrons. The van der Waals surface area contributed by atoms with Crippen LogP contribution in [0.1, 0.15) is 47.9 Å². The molecular weight excluding hydrogens is 362 g/mol. The number of rotatable bonds is 3. The molecule has 27 heavy (non-hydrogen) atoms. The van der Waals surface area contributed by atoms with Gasteiger partial charge in [-0.1, -0.05) is 12.8 Å². The lowest BCUT2D eigenvalue weighted by Gasteiger charge is -2.33. The first-order valence-corrected chi connectivity index (χ1v) is 10.6. The summed E-state index contributed by atoms with van der Waals surface area (Å²) >= 11 is 1.65. The van der Waals surface area contributed by atoms with Gasteiger partial charge in [-0.15, -0.1) is 11.3 Å². The molecule has 4 rings (SSSR count). The molecular formula is C18H27N7OS. The highest BCUT2D eigenvalue weighted by molar-refractivity contribution is 7.15. The number of carbonyl (C=O) groups is 1. The van der Waals surface area contributed by atoms with E-state index in [9.17, 15) is 4.79 Å². The molecule has 1 saturated heterocycles. The molecule has 3 heterocycles. The summed E-state index contributed by atoms with van der Waals surface area (Å²) in [5, 5.41) is 10.8. The number of hydrogen-bond donors (Lipinski definition) is 2. The van der Waals surface area contributed by atoms with Crippen LogP contribution in [0, 0.1) is 6.92 Å². The molecule has 1 aliphatic heterocycles. The molecule has 0 unspecified atom stereocenters. The minimum Gasteiger partial charge on any atom is -0.322 e. The van der Waals surface area contributed by atoms with E-state index in [1.807, 2.05) is 11.8 Å². The van der Waals surface area contributed by atoms with E-state index in [2.05, 4.69) is 30.4 Å². The van der Waals surface area contributed by atoms with Crippen LogP contribution >= 0.6 is 11.3 Å². The largest absolute Gasteiger partial charge is 0.323 e. The van der Waals surface area contributed by atoms with E-state index in [-0.39, 0.29) is 6.03 Å². The van der Waals surface area contributed by atoms with Crippen LogP contribution in [0.25, 0.3) is 0 Å². The Morgan fingerprint density at radius 1 is 1.11 bits per heavy atom. The van der Waals surface area contributed by atoms with Crippen molar-refractivity contribution >= 4 is 22.5 Å². The van der Waals surface area contributed by atoms with Gasteiger partial charge in [0.1, 0.15) is 5.82 Å². The molecule has 0 radical (unpaired) electrons. The van der Waals surface area contributed by atoms with Gasteiger partial charge in [-0.05, 0) is 32.6 Å². The normalized spacial score (nSPS) is 18.6. The summed E-state index contributed by atoms with van der Waals surface area (Å²) in [6, 6.07) is -0.0369. The van der Waals surface area contributed by atoms with Gasteiger partial charge in [0.25, 0.3) is 0 Å². The van der Waals surface area contributed by atoms with E-state index < -0.39 is 0 Å². The van der Waals surface area contributed by atoms with Gasteiger partial charge in [0, 0.05) is 31.1 Å². The van der Waals surface area contributed by atoms with Gasteiger partial charge in [0.15, 0.2) is 11.0 Å². The van der Waals surface area contributed by atoms with Crippen LogP contribution < -0.4 is 5.32 Å². The Hall–Kier alpha value is -2.00. The van der Waals surface area contributed by atoms with Crippen molar-refractivity contribution in [3.8, 4) is 0 Å². The number of H-pyrrole nitrogens is 1. The molecule has 2 N–H and O–H groups in total. The van der Waals surface area contributed by atoms with Crippen molar-refractivity contribution in [2.75, 3.05) is 31.5 Å². The summed E-state index contributed by atoms with van der Waals surface area (Å²) in [5.74, 6) is 1.64. The van der Waals surface area contributed by atoms with E-state index in [1.54, 1.807) is 11.3 Å². The number of anilines is 1. The van der Waals surface area contributed by atoms with Gasteiger partial charge >= 0.3 is 6.03 Å². The minimum atomic E-state index is -0.0369. The molecule has 0 spiro atoms. The second-order valence-electron chi connectivity index (χ2n) is 7.33. The molecule has 1 aliphatic carbocycles. The van der Waals surface area contributed by atoms with Crippen molar-refractivity contribution < 1.29 is 4.79 Å². The SMILES string of the molecule is Cc1nc(CN2CCN(C(=O)Nc3nc4c(s3)CCCCCC4)CC2)n[nH]1. The van der Waals surface area contributed by atoms with Crippen molar-refractivity contribution in [3.05, 3.63) is 22.2 Å². The second-order valence-corrected chi connectivity index (χ2v) is 8.42. The lowest BCUT2D eigenvalue weighted by atomic mass is 10.0. The van der Waals surface area contributed by atoms with Crippen LogP contribution in [0.3, 0.4) is 0 Å². The van der Waals surface area contributed by atoms with E-state index in [1.165, 1.54) is 36.3 Å². The fraction of sp³-hybridized carbons (Fsp3) is 0.667. The molecule has 0 bridgehead atoms. The summed E-state index contributed by atoms with van der Waals surface area (Å²) in [7, 11) is 0. The maximum Gasteiger partial charge on any atom is 0.323 e. The fourth-order valence-corrected chi connectivity index (χ4v) is 4.74. The smallest absolute Gasteiger partial charge is 0.322 e. The number of nitrogens with one attached hydrogen (secondary N) is 2. The van der Waals surface area contributed by atoms with Gasteiger partial charge in [-0.2, -0.15) is 5.10 Å². The second kappa shape index (κ2) is 8.35. The summed E-state index contributed by atoms with van der Waals surface area (Å²) in [5.41, 5.74) is 1.20. The number of aryl methyl sites for hydroxylation is 3.